The first kappa shape index (κ1) is 17.2. The zero-order chi connectivity index (χ0) is 16.7. The summed E-state index contributed by atoms with van der Waals surface area (Å²) in [5.41, 5.74) is 1.38. The van der Waals surface area contributed by atoms with Gasteiger partial charge in [0.2, 0.25) is 10.0 Å². The van der Waals surface area contributed by atoms with Gasteiger partial charge in [-0.3, -0.25) is 0 Å². The van der Waals surface area contributed by atoms with Gasteiger partial charge in [-0.2, -0.15) is 4.31 Å². The SMILES string of the molecule is COc1ccc(S(=O)(=O)N(C)C2CCS(=O)(=O)C2)c(C)c1C. The van der Waals surface area contributed by atoms with Crippen molar-refractivity contribution in [3.05, 3.63) is 23.3 Å². The van der Waals surface area contributed by atoms with Gasteiger partial charge >= 0.3 is 0 Å². The lowest BCUT2D eigenvalue weighted by Gasteiger charge is -2.24. The second kappa shape index (κ2) is 5.82. The van der Waals surface area contributed by atoms with E-state index in [9.17, 15) is 16.8 Å². The Kier molecular flexibility index (Phi) is 4.56. The minimum Gasteiger partial charge on any atom is -0.496 e. The molecule has 6 nitrogen and oxygen atoms in total. The predicted octanol–water partition coefficient (Wildman–Crippen LogP) is 1.12. The number of methoxy groups -OCH3 is 1. The van der Waals surface area contributed by atoms with Gasteiger partial charge in [-0.15, -0.1) is 0 Å². The first-order valence-corrected chi connectivity index (χ1v) is 10.2. The van der Waals surface area contributed by atoms with Crippen LogP contribution in [0.5, 0.6) is 5.75 Å². The van der Waals surface area contributed by atoms with Crippen LogP contribution in [-0.2, 0) is 19.9 Å². The van der Waals surface area contributed by atoms with Crippen molar-refractivity contribution >= 4 is 19.9 Å². The van der Waals surface area contributed by atoms with Crippen LogP contribution in [-0.4, -0.2) is 52.8 Å². The van der Waals surface area contributed by atoms with Gasteiger partial charge in [-0.05, 0) is 43.5 Å². The van der Waals surface area contributed by atoms with E-state index < -0.39 is 25.9 Å². The molecule has 1 aromatic carbocycles. The quantitative estimate of drug-likeness (QED) is 0.815. The fourth-order valence-electron chi connectivity index (χ4n) is 2.69. The van der Waals surface area contributed by atoms with Crippen molar-refractivity contribution in [2.45, 2.75) is 31.2 Å². The van der Waals surface area contributed by atoms with Crippen molar-refractivity contribution in [2.75, 3.05) is 25.7 Å². The van der Waals surface area contributed by atoms with Crippen LogP contribution in [0.25, 0.3) is 0 Å². The molecule has 0 spiro atoms. The normalized spacial score (nSPS) is 21.2. The molecule has 1 saturated heterocycles. The minimum atomic E-state index is -3.74. The maximum Gasteiger partial charge on any atom is 0.243 e. The molecule has 1 unspecified atom stereocenters. The van der Waals surface area contributed by atoms with E-state index in [0.717, 1.165) is 5.56 Å². The smallest absolute Gasteiger partial charge is 0.243 e. The van der Waals surface area contributed by atoms with Crippen LogP contribution in [0.3, 0.4) is 0 Å². The highest BCUT2D eigenvalue weighted by atomic mass is 32.2. The molecule has 0 amide bonds. The molecule has 2 rings (SSSR count). The Bertz CT molecular complexity index is 784. The van der Waals surface area contributed by atoms with E-state index in [1.807, 2.05) is 0 Å². The lowest BCUT2D eigenvalue weighted by molar-refractivity contribution is 0.393. The van der Waals surface area contributed by atoms with Crippen molar-refractivity contribution in [2.24, 2.45) is 0 Å². The number of hydrogen-bond donors (Lipinski definition) is 0. The van der Waals surface area contributed by atoms with Crippen molar-refractivity contribution in [1.29, 1.82) is 0 Å². The van der Waals surface area contributed by atoms with Crippen molar-refractivity contribution < 1.29 is 21.6 Å². The standard InChI is InChI=1S/C14H21NO5S2/c1-10-11(2)14(6-5-13(10)20-4)22(18,19)15(3)12-7-8-21(16,17)9-12/h5-6,12H,7-9H2,1-4H3. The largest absolute Gasteiger partial charge is 0.496 e. The number of hydrogen-bond acceptors (Lipinski definition) is 5. The highest BCUT2D eigenvalue weighted by Gasteiger charge is 2.37. The molecule has 1 aliphatic heterocycles. The number of rotatable bonds is 4. The summed E-state index contributed by atoms with van der Waals surface area (Å²) in [5.74, 6) is 0.553. The zero-order valence-corrected chi connectivity index (χ0v) is 14.8. The first-order valence-electron chi connectivity index (χ1n) is 6.93. The molecule has 0 aliphatic carbocycles. The van der Waals surface area contributed by atoms with Crippen LogP contribution in [0.4, 0.5) is 0 Å². The van der Waals surface area contributed by atoms with Gasteiger partial charge in [0, 0.05) is 13.1 Å². The van der Waals surface area contributed by atoms with Crippen molar-refractivity contribution in [3.63, 3.8) is 0 Å². The van der Waals surface area contributed by atoms with Gasteiger partial charge in [0.1, 0.15) is 5.75 Å². The van der Waals surface area contributed by atoms with E-state index in [4.69, 9.17) is 4.74 Å². The van der Waals surface area contributed by atoms with Crippen LogP contribution >= 0.6 is 0 Å². The summed E-state index contributed by atoms with van der Waals surface area (Å²) in [6.07, 6.45) is 0.340. The third-order valence-electron chi connectivity index (χ3n) is 4.29. The summed E-state index contributed by atoms with van der Waals surface area (Å²) in [6.45, 7) is 3.52. The molecule has 1 atom stereocenters. The van der Waals surface area contributed by atoms with Crippen LogP contribution in [0.1, 0.15) is 17.5 Å². The minimum absolute atomic E-state index is 0.0398. The Hall–Kier alpha value is -1.12. The first-order chi connectivity index (χ1) is 10.1. The van der Waals surface area contributed by atoms with E-state index in [1.165, 1.54) is 24.5 Å². The molecule has 1 aliphatic rings. The third kappa shape index (κ3) is 3.00. The van der Waals surface area contributed by atoms with Crippen LogP contribution < -0.4 is 4.74 Å². The van der Waals surface area contributed by atoms with Gasteiger partial charge in [0.15, 0.2) is 9.84 Å². The topological polar surface area (TPSA) is 80.8 Å². The van der Waals surface area contributed by atoms with E-state index >= 15 is 0 Å². The molecule has 0 N–H and O–H groups in total. The second-order valence-electron chi connectivity index (χ2n) is 5.59. The Morgan fingerprint density at radius 1 is 1.23 bits per heavy atom. The molecule has 124 valence electrons. The Morgan fingerprint density at radius 2 is 1.86 bits per heavy atom. The van der Waals surface area contributed by atoms with Crippen LogP contribution in [0.15, 0.2) is 17.0 Å². The fourth-order valence-corrected chi connectivity index (χ4v) is 6.22. The molecule has 0 aromatic heterocycles. The summed E-state index contributed by atoms with van der Waals surface area (Å²) < 4.78 is 55.1. The molecule has 0 bridgehead atoms. The number of sulfonamides is 1. The Balaban J connectivity index is 2.41. The molecule has 1 fully saturated rings. The second-order valence-corrected chi connectivity index (χ2v) is 9.79. The summed E-state index contributed by atoms with van der Waals surface area (Å²) in [4.78, 5) is 0.192. The van der Waals surface area contributed by atoms with Gasteiger partial charge in [-0.1, -0.05) is 0 Å². The molecule has 0 radical (unpaired) electrons. The van der Waals surface area contributed by atoms with E-state index in [2.05, 4.69) is 0 Å². The summed E-state index contributed by atoms with van der Waals surface area (Å²) in [5, 5.41) is 0. The highest BCUT2D eigenvalue weighted by molar-refractivity contribution is 7.92. The molecular formula is C14H21NO5S2. The summed E-state index contributed by atoms with van der Waals surface area (Å²) in [7, 11) is -3.90. The van der Waals surface area contributed by atoms with E-state index in [0.29, 0.717) is 17.7 Å². The number of nitrogens with zero attached hydrogens (tertiary/aromatic N) is 1. The van der Waals surface area contributed by atoms with Gasteiger partial charge in [-0.25, -0.2) is 16.8 Å². The number of sulfone groups is 1. The van der Waals surface area contributed by atoms with Crippen LogP contribution in [0, 0.1) is 13.8 Å². The molecule has 0 saturated carbocycles. The summed E-state index contributed by atoms with van der Waals surface area (Å²) >= 11 is 0. The van der Waals surface area contributed by atoms with Gasteiger partial charge in [0.05, 0.1) is 23.5 Å². The average molecular weight is 347 g/mol. The molecule has 1 aromatic rings. The van der Waals surface area contributed by atoms with Gasteiger partial charge in [0.25, 0.3) is 0 Å². The maximum absolute atomic E-state index is 12.8. The monoisotopic (exact) mass is 347 g/mol. The van der Waals surface area contributed by atoms with Crippen LogP contribution in [0.2, 0.25) is 0 Å². The third-order valence-corrected chi connectivity index (χ3v) is 8.09. The molecular weight excluding hydrogens is 326 g/mol. The van der Waals surface area contributed by atoms with Crippen molar-refractivity contribution in [1.82, 2.24) is 4.31 Å². The van der Waals surface area contributed by atoms with Crippen molar-refractivity contribution in [3.8, 4) is 5.75 Å². The average Bonchev–Trinajstić information content (AvgIpc) is 2.80. The lowest BCUT2D eigenvalue weighted by Crippen LogP contribution is -2.38. The number of ether oxygens (including phenoxy) is 1. The Labute approximate surface area is 132 Å². The fraction of sp³-hybridized carbons (Fsp3) is 0.571. The molecule has 1 heterocycles. The molecule has 22 heavy (non-hydrogen) atoms. The molecule has 8 heteroatoms. The number of benzene rings is 1. The zero-order valence-electron chi connectivity index (χ0n) is 13.2. The summed E-state index contributed by atoms with van der Waals surface area (Å²) in [6, 6.07) is 2.63. The predicted molar refractivity (Wildman–Crippen MR) is 84.5 cm³/mol. The van der Waals surface area contributed by atoms with E-state index in [-0.39, 0.29) is 16.4 Å². The highest BCUT2D eigenvalue weighted by Crippen LogP contribution is 2.30. The van der Waals surface area contributed by atoms with Gasteiger partial charge < -0.3 is 4.74 Å². The lowest BCUT2D eigenvalue weighted by atomic mass is 10.1. The maximum atomic E-state index is 12.8. The Morgan fingerprint density at radius 3 is 2.36 bits per heavy atom. The van der Waals surface area contributed by atoms with E-state index in [1.54, 1.807) is 19.9 Å².